The van der Waals surface area contributed by atoms with Crippen LogP contribution < -0.4 is 10.5 Å². The Morgan fingerprint density at radius 1 is 1.40 bits per heavy atom. The number of amides is 1. The van der Waals surface area contributed by atoms with E-state index < -0.39 is 12.5 Å². The molecule has 0 aliphatic rings. The van der Waals surface area contributed by atoms with E-state index in [1.54, 1.807) is 12.1 Å². The molecule has 0 fully saturated rings. The SMILES string of the molecule is Cc1sc(CC(N)=O)nc1-c1ccc(OC(F)F)cc1. The van der Waals surface area contributed by atoms with Crippen LogP contribution in [-0.4, -0.2) is 17.5 Å². The second kappa shape index (κ2) is 5.96. The quantitative estimate of drug-likeness (QED) is 0.923. The minimum absolute atomic E-state index is 0.0917. The molecule has 0 bridgehead atoms. The van der Waals surface area contributed by atoms with Gasteiger partial charge in [0.2, 0.25) is 5.91 Å². The molecule has 0 spiro atoms. The van der Waals surface area contributed by atoms with Gasteiger partial charge in [0.05, 0.1) is 12.1 Å². The molecular formula is C13H12F2N2O2S. The van der Waals surface area contributed by atoms with Crippen LogP contribution in [0.15, 0.2) is 24.3 Å². The minimum Gasteiger partial charge on any atom is -0.435 e. The summed E-state index contributed by atoms with van der Waals surface area (Å²) >= 11 is 1.39. The smallest absolute Gasteiger partial charge is 0.387 e. The van der Waals surface area contributed by atoms with Crippen molar-refractivity contribution in [1.29, 1.82) is 0 Å². The van der Waals surface area contributed by atoms with Crippen LogP contribution in [0.5, 0.6) is 5.75 Å². The van der Waals surface area contributed by atoms with Crippen molar-refractivity contribution in [3.8, 4) is 17.0 Å². The molecule has 0 aliphatic heterocycles. The molecule has 0 aliphatic carbocycles. The first-order chi connectivity index (χ1) is 9.45. The van der Waals surface area contributed by atoms with E-state index >= 15 is 0 Å². The minimum atomic E-state index is -2.84. The summed E-state index contributed by atoms with van der Waals surface area (Å²) in [5, 5.41) is 0.637. The average molecular weight is 298 g/mol. The van der Waals surface area contributed by atoms with Gasteiger partial charge in [0.1, 0.15) is 10.8 Å². The van der Waals surface area contributed by atoms with E-state index in [0.29, 0.717) is 5.01 Å². The van der Waals surface area contributed by atoms with Crippen molar-refractivity contribution in [2.24, 2.45) is 5.73 Å². The highest BCUT2D eigenvalue weighted by atomic mass is 32.1. The summed E-state index contributed by atoms with van der Waals surface area (Å²) in [5.41, 5.74) is 6.62. The number of carbonyl (C=O) groups excluding carboxylic acids is 1. The van der Waals surface area contributed by atoms with Gasteiger partial charge < -0.3 is 10.5 Å². The van der Waals surface area contributed by atoms with Crippen molar-refractivity contribution in [2.75, 3.05) is 0 Å². The van der Waals surface area contributed by atoms with Crippen molar-refractivity contribution in [2.45, 2.75) is 20.0 Å². The molecule has 7 heteroatoms. The molecule has 20 heavy (non-hydrogen) atoms. The lowest BCUT2D eigenvalue weighted by Crippen LogP contribution is -2.13. The van der Waals surface area contributed by atoms with Gasteiger partial charge in [0.15, 0.2) is 0 Å². The molecular weight excluding hydrogens is 286 g/mol. The van der Waals surface area contributed by atoms with Gasteiger partial charge in [-0.1, -0.05) is 0 Å². The number of benzene rings is 1. The normalized spacial score (nSPS) is 10.8. The Morgan fingerprint density at radius 2 is 2.05 bits per heavy atom. The van der Waals surface area contributed by atoms with Crippen LogP contribution in [0.4, 0.5) is 8.78 Å². The fourth-order valence-electron chi connectivity index (χ4n) is 1.74. The standard InChI is InChI=1S/C13H12F2N2O2S/c1-7-12(17-11(20-7)6-10(16)18)8-2-4-9(5-3-8)19-13(14)15/h2-5,13H,6H2,1H3,(H2,16,18). The molecule has 4 nitrogen and oxygen atoms in total. The van der Waals surface area contributed by atoms with Gasteiger partial charge >= 0.3 is 6.61 Å². The molecule has 1 heterocycles. The number of carbonyl (C=O) groups is 1. The maximum atomic E-state index is 12.1. The van der Waals surface area contributed by atoms with Crippen LogP contribution in [0.3, 0.4) is 0 Å². The van der Waals surface area contributed by atoms with Crippen molar-refractivity contribution in [3.63, 3.8) is 0 Å². The summed E-state index contributed by atoms with van der Waals surface area (Å²) in [7, 11) is 0. The van der Waals surface area contributed by atoms with Crippen LogP contribution in [0.25, 0.3) is 11.3 Å². The van der Waals surface area contributed by atoms with Crippen molar-refractivity contribution >= 4 is 17.2 Å². The van der Waals surface area contributed by atoms with Crippen LogP contribution in [0, 0.1) is 6.92 Å². The third-order valence-electron chi connectivity index (χ3n) is 2.52. The van der Waals surface area contributed by atoms with E-state index in [1.807, 2.05) is 6.92 Å². The third kappa shape index (κ3) is 3.51. The summed E-state index contributed by atoms with van der Waals surface area (Å²) < 4.78 is 28.4. The Labute approximate surface area is 118 Å². The Hall–Kier alpha value is -2.02. The molecule has 2 aromatic rings. The van der Waals surface area contributed by atoms with Crippen LogP contribution in [-0.2, 0) is 11.2 Å². The monoisotopic (exact) mass is 298 g/mol. The molecule has 0 saturated heterocycles. The molecule has 0 saturated carbocycles. The number of primary amides is 1. The summed E-state index contributed by atoms with van der Waals surface area (Å²) in [4.78, 5) is 16.1. The average Bonchev–Trinajstić information content (AvgIpc) is 2.69. The number of thiazole rings is 1. The maximum absolute atomic E-state index is 12.1. The first kappa shape index (κ1) is 14.4. The number of hydrogen-bond donors (Lipinski definition) is 1. The van der Waals surface area contributed by atoms with Gasteiger partial charge in [-0.15, -0.1) is 11.3 Å². The second-order valence-corrected chi connectivity index (χ2v) is 5.35. The molecule has 0 unspecified atom stereocenters. The zero-order valence-corrected chi connectivity index (χ0v) is 11.4. The zero-order chi connectivity index (χ0) is 14.7. The lowest BCUT2D eigenvalue weighted by atomic mass is 10.1. The number of hydrogen-bond acceptors (Lipinski definition) is 4. The number of aryl methyl sites for hydroxylation is 1. The number of halogens is 2. The number of aromatic nitrogens is 1. The van der Waals surface area contributed by atoms with E-state index in [-0.39, 0.29) is 12.2 Å². The van der Waals surface area contributed by atoms with Gasteiger partial charge in [0.25, 0.3) is 0 Å². The fraction of sp³-hybridized carbons (Fsp3) is 0.231. The lowest BCUT2D eigenvalue weighted by molar-refractivity contribution is -0.117. The molecule has 1 aromatic carbocycles. The summed E-state index contributed by atoms with van der Waals surface area (Å²) in [5.74, 6) is -0.347. The molecule has 2 N–H and O–H groups in total. The number of nitrogens with two attached hydrogens (primary N) is 1. The third-order valence-corrected chi connectivity index (χ3v) is 3.49. The Bertz CT molecular complexity index is 611. The Kier molecular flexibility index (Phi) is 4.29. The highest BCUT2D eigenvalue weighted by Gasteiger charge is 2.12. The number of alkyl halides is 2. The highest BCUT2D eigenvalue weighted by molar-refractivity contribution is 7.12. The van der Waals surface area contributed by atoms with Gasteiger partial charge in [-0.05, 0) is 31.2 Å². The van der Waals surface area contributed by atoms with E-state index in [9.17, 15) is 13.6 Å². The van der Waals surface area contributed by atoms with E-state index in [0.717, 1.165) is 16.1 Å². The molecule has 106 valence electrons. The van der Waals surface area contributed by atoms with Gasteiger partial charge in [-0.25, -0.2) is 4.98 Å². The van der Waals surface area contributed by atoms with Gasteiger partial charge in [0, 0.05) is 10.4 Å². The molecule has 0 atom stereocenters. The first-order valence-electron chi connectivity index (χ1n) is 5.75. The van der Waals surface area contributed by atoms with Gasteiger partial charge in [-0.3, -0.25) is 4.79 Å². The molecule has 1 amide bonds. The lowest BCUT2D eigenvalue weighted by Gasteiger charge is -2.05. The second-order valence-electron chi connectivity index (χ2n) is 4.06. The van der Waals surface area contributed by atoms with Crippen molar-refractivity contribution in [3.05, 3.63) is 34.2 Å². The number of nitrogens with zero attached hydrogens (tertiary/aromatic N) is 1. The van der Waals surface area contributed by atoms with E-state index in [1.165, 1.54) is 23.5 Å². The largest absolute Gasteiger partial charge is 0.435 e. The van der Waals surface area contributed by atoms with Crippen LogP contribution in [0.2, 0.25) is 0 Å². The predicted molar refractivity (Wildman–Crippen MR) is 71.8 cm³/mol. The number of rotatable bonds is 5. The molecule has 2 rings (SSSR count). The van der Waals surface area contributed by atoms with Crippen molar-refractivity contribution < 1.29 is 18.3 Å². The zero-order valence-electron chi connectivity index (χ0n) is 10.6. The first-order valence-corrected chi connectivity index (χ1v) is 6.57. The van der Waals surface area contributed by atoms with Crippen LogP contribution in [0.1, 0.15) is 9.88 Å². The van der Waals surface area contributed by atoms with Crippen molar-refractivity contribution in [1.82, 2.24) is 4.98 Å². The molecule has 1 aromatic heterocycles. The number of ether oxygens (including phenoxy) is 1. The topological polar surface area (TPSA) is 65.2 Å². The van der Waals surface area contributed by atoms with E-state index in [2.05, 4.69) is 9.72 Å². The van der Waals surface area contributed by atoms with Gasteiger partial charge in [-0.2, -0.15) is 8.78 Å². The summed E-state index contributed by atoms with van der Waals surface area (Å²) in [6.07, 6.45) is 0.0953. The molecule has 0 radical (unpaired) electrons. The van der Waals surface area contributed by atoms with E-state index in [4.69, 9.17) is 5.73 Å². The predicted octanol–water partition coefficient (Wildman–Crippen LogP) is 2.75. The summed E-state index contributed by atoms with van der Waals surface area (Å²) in [6, 6.07) is 6.20. The fourth-order valence-corrected chi connectivity index (χ4v) is 2.70. The Balaban J connectivity index is 2.23. The van der Waals surface area contributed by atoms with Crippen LogP contribution >= 0.6 is 11.3 Å². The summed E-state index contributed by atoms with van der Waals surface area (Å²) in [6.45, 7) is -0.967. The Morgan fingerprint density at radius 3 is 2.60 bits per heavy atom. The highest BCUT2D eigenvalue weighted by Crippen LogP contribution is 2.29. The maximum Gasteiger partial charge on any atom is 0.387 e.